The number of para-hydroxylation sites is 1. The fourth-order valence-corrected chi connectivity index (χ4v) is 3.70. The molecule has 2 aromatic carbocycles. The molecule has 2 aromatic rings. The van der Waals surface area contributed by atoms with Crippen LogP contribution in [-0.4, -0.2) is 47.1 Å². The number of rotatable bonds is 7. The third-order valence-electron chi connectivity index (χ3n) is 5.37. The highest BCUT2D eigenvalue weighted by atomic mass is 16.5. The molecule has 0 aromatic heterocycles. The van der Waals surface area contributed by atoms with Crippen LogP contribution in [0.15, 0.2) is 42.5 Å². The Morgan fingerprint density at radius 1 is 1.00 bits per heavy atom. The highest BCUT2D eigenvalue weighted by molar-refractivity contribution is 5.91. The molecule has 0 radical (unpaired) electrons. The van der Waals surface area contributed by atoms with Crippen molar-refractivity contribution in [3.05, 3.63) is 48.0 Å². The molecule has 0 bridgehead atoms. The minimum Gasteiger partial charge on any atom is -0.497 e. The summed E-state index contributed by atoms with van der Waals surface area (Å²) in [5.41, 5.74) is 1.42. The lowest BCUT2D eigenvalue weighted by Crippen LogP contribution is -2.45. The van der Waals surface area contributed by atoms with Crippen LogP contribution in [0.3, 0.4) is 0 Å². The molecule has 1 aliphatic heterocycles. The predicted molar refractivity (Wildman–Crippen MR) is 111 cm³/mol. The zero-order valence-corrected chi connectivity index (χ0v) is 17.1. The molecular formula is C22H28N2O5. The molecular weight excluding hydrogens is 372 g/mol. The van der Waals surface area contributed by atoms with E-state index in [0.29, 0.717) is 36.9 Å². The van der Waals surface area contributed by atoms with Crippen molar-refractivity contribution < 1.29 is 23.7 Å². The zero-order valence-electron chi connectivity index (χ0n) is 17.1. The Balaban J connectivity index is 1.74. The van der Waals surface area contributed by atoms with Crippen molar-refractivity contribution in [3.8, 4) is 17.2 Å². The van der Waals surface area contributed by atoms with Gasteiger partial charge >= 0.3 is 6.03 Å². The van der Waals surface area contributed by atoms with E-state index in [2.05, 4.69) is 16.7 Å². The highest BCUT2D eigenvalue weighted by Gasteiger charge is 2.37. The van der Waals surface area contributed by atoms with Gasteiger partial charge in [0.1, 0.15) is 17.2 Å². The molecule has 0 saturated carbocycles. The van der Waals surface area contributed by atoms with Gasteiger partial charge in [-0.1, -0.05) is 18.2 Å². The van der Waals surface area contributed by atoms with E-state index < -0.39 is 0 Å². The monoisotopic (exact) mass is 400 g/mol. The van der Waals surface area contributed by atoms with Gasteiger partial charge in [0, 0.05) is 36.8 Å². The second kappa shape index (κ2) is 9.52. The van der Waals surface area contributed by atoms with Crippen molar-refractivity contribution in [3.63, 3.8) is 0 Å². The maximum absolute atomic E-state index is 12.6. The van der Waals surface area contributed by atoms with E-state index in [-0.39, 0.29) is 11.4 Å². The van der Waals surface area contributed by atoms with Crippen LogP contribution in [-0.2, 0) is 10.2 Å². The van der Waals surface area contributed by atoms with Crippen LogP contribution in [0.4, 0.5) is 10.5 Å². The summed E-state index contributed by atoms with van der Waals surface area (Å²) in [5.74, 6) is 2.02. The largest absolute Gasteiger partial charge is 0.497 e. The third kappa shape index (κ3) is 4.74. The van der Waals surface area contributed by atoms with E-state index in [1.807, 2.05) is 18.2 Å². The maximum Gasteiger partial charge on any atom is 0.319 e. The van der Waals surface area contributed by atoms with E-state index in [0.717, 1.165) is 24.2 Å². The predicted octanol–water partition coefficient (Wildman–Crippen LogP) is 3.58. The molecule has 0 atom stereocenters. The summed E-state index contributed by atoms with van der Waals surface area (Å²) >= 11 is 0. The van der Waals surface area contributed by atoms with Crippen LogP contribution in [0.5, 0.6) is 17.2 Å². The molecule has 2 N–H and O–H groups in total. The summed E-state index contributed by atoms with van der Waals surface area (Å²) in [6, 6.07) is 12.9. The van der Waals surface area contributed by atoms with Crippen LogP contribution in [0.25, 0.3) is 0 Å². The summed E-state index contributed by atoms with van der Waals surface area (Å²) in [6.45, 7) is 1.77. The Hall–Kier alpha value is -2.93. The number of carbonyl (C=O) groups excluding carboxylic acids is 1. The van der Waals surface area contributed by atoms with Gasteiger partial charge in [-0.05, 0) is 31.0 Å². The van der Waals surface area contributed by atoms with Gasteiger partial charge in [0.25, 0.3) is 0 Å². The topological polar surface area (TPSA) is 78.1 Å². The Morgan fingerprint density at radius 3 is 2.41 bits per heavy atom. The number of amides is 2. The molecule has 1 aliphatic rings. The summed E-state index contributed by atoms with van der Waals surface area (Å²) in [5, 5.41) is 5.88. The minimum atomic E-state index is -0.297. The summed E-state index contributed by atoms with van der Waals surface area (Å²) in [4.78, 5) is 12.6. The van der Waals surface area contributed by atoms with Gasteiger partial charge in [-0.2, -0.15) is 0 Å². The van der Waals surface area contributed by atoms with Crippen molar-refractivity contribution in [2.45, 2.75) is 18.3 Å². The fraction of sp³-hybridized carbons (Fsp3) is 0.409. The lowest BCUT2D eigenvalue weighted by atomic mass is 9.73. The molecule has 0 spiro atoms. The molecule has 1 fully saturated rings. The highest BCUT2D eigenvalue weighted by Crippen LogP contribution is 2.39. The summed E-state index contributed by atoms with van der Waals surface area (Å²) in [6.07, 6.45) is 1.61. The van der Waals surface area contributed by atoms with Crippen molar-refractivity contribution in [2.24, 2.45) is 0 Å². The van der Waals surface area contributed by atoms with Gasteiger partial charge < -0.3 is 29.6 Å². The molecule has 1 heterocycles. The molecule has 1 saturated heterocycles. The average molecular weight is 400 g/mol. The number of nitrogens with one attached hydrogen (secondary N) is 2. The quantitative estimate of drug-likeness (QED) is 0.743. The number of methoxy groups -OCH3 is 3. The standard InChI is InChI=1S/C22H28N2O5/c1-26-16-8-9-18(20(14-16)28-3)24-21(25)23-15-22(10-12-29-13-11-22)17-6-4-5-7-19(17)27-2/h4-9,14H,10-13,15H2,1-3H3,(H2,23,24,25). The van der Waals surface area contributed by atoms with Crippen LogP contribution >= 0.6 is 0 Å². The van der Waals surface area contributed by atoms with E-state index in [9.17, 15) is 4.79 Å². The molecule has 0 unspecified atom stereocenters. The summed E-state index contributed by atoms with van der Waals surface area (Å²) < 4.78 is 21.7. The van der Waals surface area contributed by atoms with Gasteiger partial charge in [-0.15, -0.1) is 0 Å². The fourth-order valence-electron chi connectivity index (χ4n) is 3.70. The van der Waals surface area contributed by atoms with Gasteiger partial charge in [0.15, 0.2) is 0 Å². The molecule has 2 amide bonds. The second-order valence-electron chi connectivity index (χ2n) is 6.97. The minimum absolute atomic E-state index is 0.244. The van der Waals surface area contributed by atoms with Crippen LogP contribution in [0.2, 0.25) is 0 Å². The molecule has 29 heavy (non-hydrogen) atoms. The molecule has 0 aliphatic carbocycles. The molecule has 156 valence electrons. The molecule has 3 rings (SSSR count). The first kappa shape index (κ1) is 20.8. The van der Waals surface area contributed by atoms with Crippen molar-refractivity contribution in [2.75, 3.05) is 46.4 Å². The van der Waals surface area contributed by atoms with Crippen molar-refractivity contribution in [1.82, 2.24) is 5.32 Å². The van der Waals surface area contributed by atoms with E-state index >= 15 is 0 Å². The number of urea groups is 1. The average Bonchev–Trinajstić information content (AvgIpc) is 2.78. The Labute approximate surface area is 171 Å². The number of carbonyl (C=O) groups is 1. The number of ether oxygens (including phenoxy) is 4. The van der Waals surface area contributed by atoms with E-state index in [1.165, 1.54) is 0 Å². The normalized spacial score (nSPS) is 15.3. The summed E-state index contributed by atoms with van der Waals surface area (Å²) in [7, 11) is 4.80. The van der Waals surface area contributed by atoms with Crippen LogP contribution in [0.1, 0.15) is 18.4 Å². The smallest absolute Gasteiger partial charge is 0.319 e. The Bertz CT molecular complexity index is 834. The first-order valence-corrected chi connectivity index (χ1v) is 9.60. The first-order valence-electron chi connectivity index (χ1n) is 9.60. The lowest BCUT2D eigenvalue weighted by Gasteiger charge is -2.38. The molecule has 7 heteroatoms. The molecule has 7 nitrogen and oxygen atoms in total. The van der Waals surface area contributed by atoms with Crippen LogP contribution < -0.4 is 24.8 Å². The maximum atomic E-state index is 12.6. The number of hydrogen-bond donors (Lipinski definition) is 2. The Morgan fingerprint density at radius 2 is 1.72 bits per heavy atom. The Kier molecular flexibility index (Phi) is 6.82. The SMILES string of the molecule is COc1ccc(NC(=O)NCC2(c3ccccc3OC)CCOCC2)c(OC)c1. The second-order valence-corrected chi connectivity index (χ2v) is 6.97. The van der Waals surface area contributed by atoms with E-state index in [1.54, 1.807) is 39.5 Å². The van der Waals surface area contributed by atoms with Gasteiger partial charge in [-0.3, -0.25) is 0 Å². The number of benzene rings is 2. The van der Waals surface area contributed by atoms with Crippen LogP contribution in [0, 0.1) is 0 Å². The zero-order chi connectivity index (χ0) is 20.7. The van der Waals surface area contributed by atoms with E-state index in [4.69, 9.17) is 18.9 Å². The van der Waals surface area contributed by atoms with Crippen molar-refractivity contribution in [1.29, 1.82) is 0 Å². The number of anilines is 1. The number of hydrogen-bond acceptors (Lipinski definition) is 5. The van der Waals surface area contributed by atoms with Crippen molar-refractivity contribution >= 4 is 11.7 Å². The first-order chi connectivity index (χ1) is 14.1. The van der Waals surface area contributed by atoms with Gasteiger partial charge in [-0.25, -0.2) is 4.79 Å². The third-order valence-corrected chi connectivity index (χ3v) is 5.37. The van der Waals surface area contributed by atoms with Gasteiger partial charge in [0.2, 0.25) is 0 Å². The van der Waals surface area contributed by atoms with Gasteiger partial charge in [0.05, 0.1) is 27.0 Å². The lowest BCUT2D eigenvalue weighted by molar-refractivity contribution is 0.0500.